The maximum absolute atomic E-state index is 12.4. The fraction of sp³-hybridized carbons (Fsp3) is 0.944. The fourth-order valence-electron chi connectivity index (χ4n) is 3.34. The van der Waals surface area contributed by atoms with Crippen LogP contribution in [0.3, 0.4) is 0 Å². The van der Waals surface area contributed by atoms with Crippen LogP contribution in [0.25, 0.3) is 0 Å². The summed E-state index contributed by atoms with van der Waals surface area (Å²) in [7, 11) is 4.11. The van der Waals surface area contributed by atoms with Crippen LogP contribution in [0.5, 0.6) is 0 Å². The SMILES string of the molecule is CC(C)N(C)C(C)(C)CC(C)(C)CN(C)C(=O)C(C)(C)C. The zero-order valence-corrected chi connectivity index (χ0v) is 16.3. The zero-order chi connectivity index (χ0) is 17.2. The van der Waals surface area contributed by atoms with E-state index < -0.39 is 0 Å². The van der Waals surface area contributed by atoms with Crippen LogP contribution in [-0.4, -0.2) is 47.9 Å². The van der Waals surface area contributed by atoms with Gasteiger partial charge in [-0.25, -0.2) is 0 Å². The van der Waals surface area contributed by atoms with Gasteiger partial charge in [0.15, 0.2) is 0 Å². The first-order valence-corrected chi connectivity index (χ1v) is 8.09. The van der Waals surface area contributed by atoms with Crippen molar-refractivity contribution in [2.24, 2.45) is 10.8 Å². The van der Waals surface area contributed by atoms with Gasteiger partial charge in [0.05, 0.1) is 0 Å². The molecule has 0 fully saturated rings. The second kappa shape index (κ2) is 6.68. The second-order valence-corrected chi connectivity index (χ2v) is 9.27. The minimum absolute atomic E-state index is 0.0856. The molecule has 0 unspecified atom stereocenters. The Morgan fingerprint density at radius 2 is 1.38 bits per heavy atom. The van der Waals surface area contributed by atoms with E-state index in [1.165, 1.54) is 0 Å². The Morgan fingerprint density at radius 1 is 0.952 bits per heavy atom. The van der Waals surface area contributed by atoms with Crippen LogP contribution in [0.4, 0.5) is 0 Å². The van der Waals surface area contributed by atoms with E-state index in [1.54, 1.807) is 0 Å². The third-order valence-corrected chi connectivity index (χ3v) is 4.29. The number of carbonyl (C=O) groups is 1. The van der Waals surface area contributed by atoms with Gasteiger partial charge in [-0.2, -0.15) is 0 Å². The molecule has 0 saturated heterocycles. The second-order valence-electron chi connectivity index (χ2n) is 9.27. The molecule has 0 spiro atoms. The van der Waals surface area contributed by atoms with E-state index in [1.807, 2.05) is 32.7 Å². The van der Waals surface area contributed by atoms with Gasteiger partial charge in [-0.15, -0.1) is 0 Å². The molecular formula is C18H38N2O. The van der Waals surface area contributed by atoms with Gasteiger partial charge >= 0.3 is 0 Å². The van der Waals surface area contributed by atoms with E-state index in [0.29, 0.717) is 6.04 Å². The lowest BCUT2D eigenvalue weighted by atomic mass is 9.78. The van der Waals surface area contributed by atoms with E-state index in [-0.39, 0.29) is 22.3 Å². The molecule has 0 rings (SSSR count). The lowest BCUT2D eigenvalue weighted by molar-refractivity contribution is -0.139. The molecule has 0 aliphatic carbocycles. The van der Waals surface area contributed by atoms with Gasteiger partial charge in [-0.05, 0) is 46.6 Å². The van der Waals surface area contributed by atoms with Crippen molar-refractivity contribution in [2.45, 2.75) is 80.3 Å². The Morgan fingerprint density at radius 3 is 1.71 bits per heavy atom. The van der Waals surface area contributed by atoms with Crippen molar-refractivity contribution in [3.05, 3.63) is 0 Å². The smallest absolute Gasteiger partial charge is 0.227 e. The summed E-state index contributed by atoms with van der Waals surface area (Å²) in [5.74, 6) is 0.214. The Labute approximate surface area is 133 Å². The van der Waals surface area contributed by atoms with Gasteiger partial charge in [0.2, 0.25) is 5.91 Å². The van der Waals surface area contributed by atoms with Crippen molar-refractivity contribution >= 4 is 5.91 Å². The molecule has 0 atom stereocenters. The minimum Gasteiger partial charge on any atom is -0.345 e. The summed E-state index contributed by atoms with van der Waals surface area (Å²) >= 11 is 0. The van der Waals surface area contributed by atoms with Crippen molar-refractivity contribution in [3.8, 4) is 0 Å². The fourth-order valence-corrected chi connectivity index (χ4v) is 3.34. The average Bonchev–Trinajstić information content (AvgIpc) is 2.22. The lowest BCUT2D eigenvalue weighted by Crippen LogP contribution is -2.50. The maximum Gasteiger partial charge on any atom is 0.227 e. The number of hydrogen-bond acceptors (Lipinski definition) is 2. The maximum atomic E-state index is 12.4. The predicted molar refractivity (Wildman–Crippen MR) is 92.5 cm³/mol. The lowest BCUT2D eigenvalue weighted by Gasteiger charge is -2.44. The summed E-state index contributed by atoms with van der Waals surface area (Å²) in [6, 6.07) is 0.518. The molecule has 1 amide bonds. The predicted octanol–water partition coefficient (Wildman–Crippen LogP) is 4.03. The molecule has 0 aromatic carbocycles. The van der Waals surface area contributed by atoms with Crippen LogP contribution in [0.2, 0.25) is 0 Å². The molecule has 0 heterocycles. The number of amides is 1. The summed E-state index contributed by atoms with van der Waals surface area (Å²) in [6.45, 7) is 20.3. The average molecular weight is 299 g/mol. The van der Waals surface area contributed by atoms with Gasteiger partial charge in [0, 0.05) is 30.6 Å². The van der Waals surface area contributed by atoms with Crippen molar-refractivity contribution in [1.29, 1.82) is 0 Å². The summed E-state index contributed by atoms with van der Waals surface area (Å²) < 4.78 is 0. The van der Waals surface area contributed by atoms with Crippen LogP contribution in [0.1, 0.15) is 68.7 Å². The standard InChI is InChI=1S/C18H38N2O/c1-14(2)20(11)18(8,9)12-17(6,7)13-19(10)15(21)16(3,4)5/h14H,12-13H2,1-11H3. The Bertz CT molecular complexity index is 351. The summed E-state index contributed by atoms with van der Waals surface area (Å²) in [4.78, 5) is 16.7. The van der Waals surface area contributed by atoms with E-state index in [0.717, 1.165) is 13.0 Å². The minimum atomic E-state index is -0.310. The van der Waals surface area contributed by atoms with E-state index in [9.17, 15) is 4.79 Å². The Balaban J connectivity index is 4.89. The van der Waals surface area contributed by atoms with E-state index in [4.69, 9.17) is 0 Å². The van der Waals surface area contributed by atoms with Gasteiger partial charge in [0.25, 0.3) is 0 Å². The highest BCUT2D eigenvalue weighted by atomic mass is 16.2. The summed E-state index contributed by atoms with van der Waals surface area (Å²) in [6.07, 6.45) is 1.05. The van der Waals surface area contributed by atoms with Gasteiger partial charge < -0.3 is 4.90 Å². The van der Waals surface area contributed by atoms with Crippen LogP contribution in [-0.2, 0) is 4.79 Å². The van der Waals surface area contributed by atoms with Gasteiger partial charge in [0.1, 0.15) is 0 Å². The summed E-state index contributed by atoms with van der Waals surface area (Å²) in [5, 5.41) is 0. The zero-order valence-electron chi connectivity index (χ0n) is 16.3. The van der Waals surface area contributed by atoms with Crippen molar-refractivity contribution < 1.29 is 4.79 Å². The molecule has 0 N–H and O–H groups in total. The highest BCUT2D eigenvalue weighted by molar-refractivity contribution is 5.81. The largest absolute Gasteiger partial charge is 0.345 e. The number of rotatable bonds is 6. The molecule has 3 nitrogen and oxygen atoms in total. The topological polar surface area (TPSA) is 23.6 Å². The van der Waals surface area contributed by atoms with Crippen molar-refractivity contribution in [3.63, 3.8) is 0 Å². The first-order valence-electron chi connectivity index (χ1n) is 8.09. The molecular weight excluding hydrogens is 260 g/mol. The Kier molecular flexibility index (Phi) is 6.50. The summed E-state index contributed by atoms with van der Waals surface area (Å²) in [5.41, 5.74) is -0.110. The molecule has 0 aromatic rings. The molecule has 0 bridgehead atoms. The third-order valence-electron chi connectivity index (χ3n) is 4.29. The molecule has 21 heavy (non-hydrogen) atoms. The molecule has 0 radical (unpaired) electrons. The molecule has 0 aliphatic rings. The molecule has 126 valence electrons. The normalized spacial score (nSPS) is 14.0. The first-order chi connectivity index (χ1) is 9.10. The van der Waals surface area contributed by atoms with E-state index >= 15 is 0 Å². The monoisotopic (exact) mass is 298 g/mol. The highest BCUT2D eigenvalue weighted by Crippen LogP contribution is 2.33. The highest BCUT2D eigenvalue weighted by Gasteiger charge is 2.35. The molecule has 0 aliphatic heterocycles. The first kappa shape index (κ1) is 20.4. The van der Waals surface area contributed by atoms with E-state index in [2.05, 4.69) is 53.5 Å². The van der Waals surface area contributed by atoms with Crippen LogP contribution in [0.15, 0.2) is 0 Å². The third kappa shape index (κ3) is 6.37. The van der Waals surface area contributed by atoms with Crippen molar-refractivity contribution in [1.82, 2.24) is 9.80 Å². The number of carbonyl (C=O) groups excluding carboxylic acids is 1. The van der Waals surface area contributed by atoms with Gasteiger partial charge in [-0.1, -0.05) is 34.6 Å². The quantitative estimate of drug-likeness (QED) is 0.739. The Hall–Kier alpha value is -0.570. The van der Waals surface area contributed by atoms with Gasteiger partial charge in [-0.3, -0.25) is 9.69 Å². The number of hydrogen-bond donors (Lipinski definition) is 0. The molecule has 3 heteroatoms. The number of nitrogens with zero attached hydrogens (tertiary/aromatic N) is 2. The van der Waals surface area contributed by atoms with Crippen LogP contribution >= 0.6 is 0 Å². The molecule has 0 saturated carbocycles. The van der Waals surface area contributed by atoms with Crippen LogP contribution < -0.4 is 0 Å². The van der Waals surface area contributed by atoms with Crippen LogP contribution in [0, 0.1) is 10.8 Å². The van der Waals surface area contributed by atoms with Crippen molar-refractivity contribution in [2.75, 3.05) is 20.6 Å². The molecule has 0 aromatic heterocycles.